The van der Waals surface area contributed by atoms with Crippen LogP contribution in [0.5, 0.6) is 5.75 Å². The monoisotopic (exact) mass is 416 g/mol. The number of fused-ring (bicyclic) bond motifs is 3. The molecule has 1 heterocycles. The zero-order chi connectivity index (χ0) is 21.4. The van der Waals surface area contributed by atoms with Crippen LogP contribution in [0.3, 0.4) is 0 Å². The predicted molar refractivity (Wildman–Crippen MR) is 117 cm³/mol. The lowest BCUT2D eigenvalue weighted by molar-refractivity contribution is -0.133. The van der Waals surface area contributed by atoms with Crippen molar-refractivity contribution in [3.8, 4) is 5.75 Å². The molecule has 158 valence electrons. The van der Waals surface area contributed by atoms with Gasteiger partial charge in [0.25, 0.3) is 5.91 Å². The van der Waals surface area contributed by atoms with Crippen molar-refractivity contribution in [1.82, 2.24) is 10.2 Å². The van der Waals surface area contributed by atoms with Crippen LogP contribution >= 0.6 is 0 Å². The highest BCUT2D eigenvalue weighted by molar-refractivity contribution is 6.07. The maximum atomic E-state index is 13.3. The Labute approximate surface area is 180 Å². The molecule has 0 aromatic heterocycles. The fraction of sp³-hybridized carbons (Fsp3) is 0.280. The van der Waals surface area contributed by atoms with Crippen LogP contribution in [0.2, 0.25) is 0 Å². The molecule has 0 radical (unpaired) electrons. The lowest BCUT2D eigenvalue weighted by Gasteiger charge is -2.33. The minimum atomic E-state index is -1.03. The van der Waals surface area contributed by atoms with Crippen LogP contribution in [0.4, 0.5) is 4.79 Å². The van der Waals surface area contributed by atoms with Gasteiger partial charge in [-0.2, -0.15) is 0 Å². The SMILES string of the molecule is O=C1N[C@@]2(CCCc3ccccc32)C(=O)N1C[C@H](O)COc1cccc2ccccc12. The number of urea groups is 1. The number of imide groups is 1. The topological polar surface area (TPSA) is 78.9 Å². The van der Waals surface area contributed by atoms with Crippen LogP contribution in [0.25, 0.3) is 10.8 Å². The first-order valence-electron chi connectivity index (χ1n) is 10.6. The van der Waals surface area contributed by atoms with Crippen molar-refractivity contribution in [2.24, 2.45) is 0 Å². The summed E-state index contributed by atoms with van der Waals surface area (Å²) in [5.74, 6) is 0.362. The number of aryl methyl sites for hydroxylation is 1. The van der Waals surface area contributed by atoms with E-state index in [2.05, 4.69) is 5.32 Å². The Morgan fingerprint density at radius 3 is 2.71 bits per heavy atom. The molecule has 2 atom stereocenters. The molecule has 3 aromatic rings. The zero-order valence-corrected chi connectivity index (χ0v) is 17.1. The number of aliphatic hydroxyl groups excluding tert-OH is 1. The fourth-order valence-electron chi connectivity index (χ4n) is 4.75. The molecule has 5 rings (SSSR count). The van der Waals surface area contributed by atoms with Gasteiger partial charge in [0.05, 0.1) is 6.54 Å². The van der Waals surface area contributed by atoms with Gasteiger partial charge in [-0.3, -0.25) is 9.69 Å². The Kier molecular flexibility index (Phi) is 4.87. The first-order chi connectivity index (χ1) is 15.1. The van der Waals surface area contributed by atoms with Gasteiger partial charge in [0, 0.05) is 5.39 Å². The number of carbonyl (C=O) groups excluding carboxylic acids is 2. The molecule has 6 nitrogen and oxygen atoms in total. The third-order valence-electron chi connectivity index (χ3n) is 6.22. The molecule has 3 amide bonds. The number of β-amino-alcohol motifs (C(OH)–C–C–N with tert-alkyl or cyclic N) is 1. The second-order valence-electron chi connectivity index (χ2n) is 8.20. The van der Waals surface area contributed by atoms with E-state index in [0.717, 1.165) is 39.6 Å². The number of hydrogen-bond acceptors (Lipinski definition) is 4. The van der Waals surface area contributed by atoms with Crippen LogP contribution in [-0.4, -0.2) is 41.2 Å². The Hall–Kier alpha value is -3.38. The highest BCUT2D eigenvalue weighted by Crippen LogP contribution is 2.39. The van der Waals surface area contributed by atoms with E-state index in [9.17, 15) is 14.7 Å². The Balaban J connectivity index is 1.30. The van der Waals surface area contributed by atoms with Crippen LogP contribution < -0.4 is 10.1 Å². The second-order valence-corrected chi connectivity index (χ2v) is 8.20. The maximum Gasteiger partial charge on any atom is 0.325 e. The normalized spacial score (nSPS) is 21.3. The van der Waals surface area contributed by atoms with E-state index in [1.807, 2.05) is 66.7 Å². The molecule has 1 spiro atoms. The average Bonchev–Trinajstić information content (AvgIpc) is 3.02. The molecule has 1 fully saturated rings. The molecule has 31 heavy (non-hydrogen) atoms. The van der Waals surface area contributed by atoms with Crippen LogP contribution in [0.1, 0.15) is 24.0 Å². The number of carbonyl (C=O) groups is 2. The predicted octanol–water partition coefficient (Wildman–Crippen LogP) is 3.36. The molecule has 3 aromatic carbocycles. The van der Waals surface area contributed by atoms with Gasteiger partial charge in [-0.05, 0) is 41.8 Å². The summed E-state index contributed by atoms with van der Waals surface area (Å²) in [6.07, 6.45) is 1.28. The standard InChI is InChI=1S/C25H24N2O4/c28-19(16-31-22-13-5-9-17-7-1-3-11-20(17)22)15-27-23(29)25(26-24(27)30)14-6-10-18-8-2-4-12-21(18)25/h1-5,7-9,11-13,19,28H,6,10,14-16H2,(H,26,30)/t19-,25+/m0/s1. The summed E-state index contributed by atoms with van der Waals surface area (Å²) < 4.78 is 5.84. The number of nitrogens with zero attached hydrogens (tertiary/aromatic N) is 1. The smallest absolute Gasteiger partial charge is 0.325 e. The molecule has 0 bridgehead atoms. The second kappa shape index (κ2) is 7.71. The van der Waals surface area contributed by atoms with Crippen molar-refractivity contribution in [3.05, 3.63) is 77.9 Å². The van der Waals surface area contributed by atoms with Gasteiger partial charge >= 0.3 is 6.03 Å². The fourth-order valence-corrected chi connectivity index (χ4v) is 4.75. The summed E-state index contributed by atoms with van der Waals surface area (Å²) in [4.78, 5) is 27.1. The molecule has 1 aliphatic heterocycles. The first kappa shape index (κ1) is 19.6. The van der Waals surface area contributed by atoms with E-state index in [4.69, 9.17) is 4.74 Å². The highest BCUT2D eigenvalue weighted by atomic mass is 16.5. The van der Waals surface area contributed by atoms with Crippen molar-refractivity contribution >= 4 is 22.7 Å². The molecule has 1 aliphatic carbocycles. The zero-order valence-electron chi connectivity index (χ0n) is 17.1. The molecule has 2 N–H and O–H groups in total. The van der Waals surface area contributed by atoms with Gasteiger partial charge in [-0.15, -0.1) is 0 Å². The van der Waals surface area contributed by atoms with Crippen molar-refractivity contribution in [2.45, 2.75) is 30.9 Å². The third kappa shape index (κ3) is 3.33. The Bertz CT molecular complexity index is 1160. The largest absolute Gasteiger partial charge is 0.490 e. The van der Waals surface area contributed by atoms with E-state index < -0.39 is 17.7 Å². The van der Waals surface area contributed by atoms with Gasteiger partial charge in [-0.25, -0.2) is 4.79 Å². The van der Waals surface area contributed by atoms with E-state index in [0.29, 0.717) is 12.2 Å². The number of ether oxygens (including phenoxy) is 1. The summed E-state index contributed by atoms with van der Waals surface area (Å²) in [5.41, 5.74) is 0.926. The number of hydrogen-bond donors (Lipinski definition) is 2. The minimum Gasteiger partial charge on any atom is -0.490 e. The summed E-state index contributed by atoms with van der Waals surface area (Å²) in [6, 6.07) is 20.9. The van der Waals surface area contributed by atoms with Crippen molar-refractivity contribution < 1.29 is 19.4 Å². The number of aliphatic hydroxyl groups is 1. The van der Waals surface area contributed by atoms with Gasteiger partial charge in [0.15, 0.2) is 0 Å². The molecule has 0 saturated carbocycles. The number of amides is 3. The van der Waals surface area contributed by atoms with E-state index >= 15 is 0 Å². The quantitative estimate of drug-likeness (QED) is 0.625. The maximum absolute atomic E-state index is 13.3. The number of nitrogens with one attached hydrogen (secondary N) is 1. The van der Waals surface area contributed by atoms with Crippen LogP contribution in [0.15, 0.2) is 66.7 Å². The van der Waals surface area contributed by atoms with Gasteiger partial charge in [0.1, 0.15) is 24.0 Å². The molecule has 1 saturated heterocycles. The molecule has 2 aliphatic rings. The van der Waals surface area contributed by atoms with E-state index in [-0.39, 0.29) is 19.1 Å². The lowest BCUT2D eigenvalue weighted by Crippen LogP contribution is -2.47. The van der Waals surface area contributed by atoms with Crippen molar-refractivity contribution in [1.29, 1.82) is 0 Å². The minimum absolute atomic E-state index is 0.0192. The van der Waals surface area contributed by atoms with Crippen LogP contribution in [-0.2, 0) is 16.8 Å². The molecular weight excluding hydrogens is 392 g/mol. The summed E-state index contributed by atoms with van der Waals surface area (Å²) in [6.45, 7) is -0.131. The van der Waals surface area contributed by atoms with Gasteiger partial charge in [0.2, 0.25) is 0 Å². The van der Waals surface area contributed by atoms with E-state index in [1.54, 1.807) is 0 Å². The Morgan fingerprint density at radius 2 is 1.81 bits per heavy atom. The molecular formula is C25H24N2O4. The summed E-state index contributed by atoms with van der Waals surface area (Å²) in [7, 11) is 0. The van der Waals surface area contributed by atoms with Gasteiger partial charge in [-0.1, -0.05) is 60.7 Å². The van der Waals surface area contributed by atoms with Crippen molar-refractivity contribution in [2.75, 3.05) is 13.2 Å². The lowest BCUT2D eigenvalue weighted by atomic mass is 9.76. The van der Waals surface area contributed by atoms with Crippen LogP contribution in [0, 0.1) is 0 Å². The Morgan fingerprint density at radius 1 is 1.03 bits per heavy atom. The average molecular weight is 416 g/mol. The summed E-state index contributed by atoms with van der Waals surface area (Å²) >= 11 is 0. The highest BCUT2D eigenvalue weighted by Gasteiger charge is 2.54. The van der Waals surface area contributed by atoms with E-state index in [1.165, 1.54) is 0 Å². The number of rotatable bonds is 5. The number of benzene rings is 3. The van der Waals surface area contributed by atoms with Gasteiger partial charge < -0.3 is 15.2 Å². The van der Waals surface area contributed by atoms with Crippen molar-refractivity contribution in [3.63, 3.8) is 0 Å². The third-order valence-corrected chi connectivity index (χ3v) is 6.22. The molecule has 0 unspecified atom stereocenters. The molecule has 6 heteroatoms. The summed E-state index contributed by atoms with van der Waals surface area (Å²) in [5, 5.41) is 15.5. The first-order valence-corrected chi connectivity index (χ1v) is 10.6.